The van der Waals surface area contributed by atoms with Crippen LogP contribution in [0.5, 0.6) is 5.75 Å². The Kier molecular flexibility index (Phi) is 6.81. The quantitative estimate of drug-likeness (QED) is 0.891. The second-order valence-electron chi connectivity index (χ2n) is 3.63. The average molecular weight is 304 g/mol. The van der Waals surface area contributed by atoms with E-state index in [0.717, 1.165) is 12.8 Å². The van der Waals surface area contributed by atoms with Gasteiger partial charge in [-0.05, 0) is 24.1 Å². The Labute approximate surface area is 115 Å². The molecule has 18 heavy (non-hydrogen) atoms. The van der Waals surface area contributed by atoms with Crippen molar-refractivity contribution in [2.45, 2.75) is 32.2 Å². The summed E-state index contributed by atoms with van der Waals surface area (Å²) in [5.74, 6) is -0.411. The lowest BCUT2D eigenvalue weighted by molar-refractivity contribution is -0.274. The predicted molar refractivity (Wildman–Crippen MR) is 67.2 cm³/mol. The highest BCUT2D eigenvalue weighted by molar-refractivity contribution is 6.32. The maximum Gasteiger partial charge on any atom is 0.573 e. The van der Waals surface area contributed by atoms with E-state index in [-0.39, 0.29) is 23.5 Å². The number of rotatable bonds is 4. The minimum atomic E-state index is -4.74. The van der Waals surface area contributed by atoms with E-state index in [0.29, 0.717) is 5.56 Å². The highest BCUT2D eigenvalue weighted by Gasteiger charge is 2.32. The second kappa shape index (κ2) is 7.07. The van der Waals surface area contributed by atoms with Crippen LogP contribution in [0.4, 0.5) is 13.2 Å². The number of benzene rings is 1. The van der Waals surface area contributed by atoms with Crippen molar-refractivity contribution < 1.29 is 17.9 Å². The molecule has 0 unspecified atom stereocenters. The Morgan fingerprint density at radius 1 is 1.39 bits per heavy atom. The molecule has 1 atom stereocenters. The Hall–Kier alpha value is -0.650. The third kappa shape index (κ3) is 5.33. The van der Waals surface area contributed by atoms with Gasteiger partial charge in [0.1, 0.15) is 5.75 Å². The van der Waals surface area contributed by atoms with Crippen LogP contribution in [0.1, 0.15) is 31.4 Å². The molecule has 1 aromatic carbocycles. The molecule has 2 nitrogen and oxygen atoms in total. The summed E-state index contributed by atoms with van der Waals surface area (Å²) in [5.41, 5.74) is 6.53. The van der Waals surface area contributed by atoms with Crippen molar-refractivity contribution in [3.8, 4) is 5.75 Å². The lowest BCUT2D eigenvalue weighted by Gasteiger charge is -2.14. The van der Waals surface area contributed by atoms with Crippen molar-refractivity contribution in [2.75, 3.05) is 0 Å². The molecule has 7 heteroatoms. The zero-order chi connectivity index (χ0) is 13.1. The van der Waals surface area contributed by atoms with Crippen molar-refractivity contribution in [1.82, 2.24) is 0 Å². The molecule has 0 radical (unpaired) electrons. The van der Waals surface area contributed by atoms with E-state index in [9.17, 15) is 13.2 Å². The molecule has 2 N–H and O–H groups in total. The molecule has 0 aromatic heterocycles. The minimum absolute atomic E-state index is 0. The van der Waals surface area contributed by atoms with Crippen LogP contribution in [0.15, 0.2) is 18.2 Å². The normalized spacial score (nSPS) is 12.8. The van der Waals surface area contributed by atoms with E-state index in [4.69, 9.17) is 17.3 Å². The van der Waals surface area contributed by atoms with Gasteiger partial charge in [-0.2, -0.15) is 0 Å². The third-order valence-corrected chi connectivity index (χ3v) is 2.50. The number of halogens is 5. The Balaban J connectivity index is 0.00000289. The summed E-state index contributed by atoms with van der Waals surface area (Å²) < 4.78 is 39.7. The first-order valence-corrected chi connectivity index (χ1v) is 5.52. The van der Waals surface area contributed by atoms with Crippen LogP contribution in [0.25, 0.3) is 0 Å². The number of ether oxygens (including phenoxy) is 1. The van der Waals surface area contributed by atoms with Gasteiger partial charge in [-0.1, -0.05) is 31.0 Å². The lowest BCUT2D eigenvalue weighted by Crippen LogP contribution is -2.17. The van der Waals surface area contributed by atoms with E-state index < -0.39 is 12.1 Å². The minimum Gasteiger partial charge on any atom is -0.404 e. The van der Waals surface area contributed by atoms with Gasteiger partial charge in [-0.25, -0.2) is 0 Å². The van der Waals surface area contributed by atoms with Gasteiger partial charge in [0.05, 0.1) is 5.02 Å². The Bertz CT molecular complexity index is 385. The molecule has 1 rings (SSSR count). The van der Waals surface area contributed by atoms with Crippen molar-refractivity contribution in [3.63, 3.8) is 0 Å². The third-order valence-electron chi connectivity index (χ3n) is 2.21. The molecule has 0 saturated carbocycles. The Morgan fingerprint density at radius 3 is 2.44 bits per heavy atom. The first kappa shape index (κ1) is 17.4. The van der Waals surface area contributed by atoms with Gasteiger partial charge in [0.2, 0.25) is 0 Å². The molecule has 0 spiro atoms. The van der Waals surface area contributed by atoms with Gasteiger partial charge in [0.25, 0.3) is 0 Å². The van der Waals surface area contributed by atoms with Crippen LogP contribution < -0.4 is 10.5 Å². The van der Waals surface area contributed by atoms with Crippen LogP contribution in [0, 0.1) is 0 Å². The molecule has 0 aliphatic heterocycles. The smallest absolute Gasteiger partial charge is 0.404 e. The molecule has 0 saturated heterocycles. The first-order chi connectivity index (χ1) is 7.83. The summed E-state index contributed by atoms with van der Waals surface area (Å²) >= 11 is 5.70. The zero-order valence-corrected chi connectivity index (χ0v) is 11.2. The highest BCUT2D eigenvalue weighted by Crippen LogP contribution is 2.32. The molecular weight excluding hydrogens is 290 g/mol. The largest absolute Gasteiger partial charge is 0.573 e. The van der Waals surface area contributed by atoms with Gasteiger partial charge < -0.3 is 10.5 Å². The van der Waals surface area contributed by atoms with E-state index in [2.05, 4.69) is 4.74 Å². The highest BCUT2D eigenvalue weighted by atomic mass is 35.5. The fraction of sp³-hybridized carbons (Fsp3) is 0.455. The van der Waals surface area contributed by atoms with Gasteiger partial charge in [-0.15, -0.1) is 25.6 Å². The molecule has 0 aliphatic carbocycles. The topological polar surface area (TPSA) is 35.2 Å². The SMILES string of the molecule is CCC[C@@H](N)c1ccc(OC(F)(F)F)c(Cl)c1.Cl. The van der Waals surface area contributed by atoms with Gasteiger partial charge in [0, 0.05) is 6.04 Å². The number of nitrogens with two attached hydrogens (primary N) is 1. The molecule has 0 aliphatic rings. The number of hydrogen-bond acceptors (Lipinski definition) is 2. The maximum atomic E-state index is 12.0. The van der Waals surface area contributed by atoms with E-state index in [1.807, 2.05) is 6.92 Å². The lowest BCUT2D eigenvalue weighted by atomic mass is 10.0. The molecule has 1 aromatic rings. The van der Waals surface area contributed by atoms with Gasteiger partial charge >= 0.3 is 6.36 Å². The Morgan fingerprint density at radius 2 is 2.00 bits per heavy atom. The second-order valence-corrected chi connectivity index (χ2v) is 4.04. The molecule has 0 bridgehead atoms. The first-order valence-electron chi connectivity index (χ1n) is 5.14. The summed E-state index contributed by atoms with van der Waals surface area (Å²) in [6.07, 6.45) is -3.11. The van der Waals surface area contributed by atoms with E-state index >= 15 is 0 Å². The average Bonchev–Trinajstić information content (AvgIpc) is 2.19. The fourth-order valence-electron chi connectivity index (χ4n) is 1.43. The molecule has 0 heterocycles. The molecule has 104 valence electrons. The van der Waals surface area contributed by atoms with Crippen molar-refractivity contribution >= 4 is 24.0 Å². The van der Waals surface area contributed by atoms with Gasteiger partial charge in [0.15, 0.2) is 0 Å². The van der Waals surface area contributed by atoms with Crippen LogP contribution >= 0.6 is 24.0 Å². The zero-order valence-electron chi connectivity index (χ0n) is 9.63. The van der Waals surface area contributed by atoms with Crippen LogP contribution in [0.2, 0.25) is 5.02 Å². The number of hydrogen-bond donors (Lipinski definition) is 1. The van der Waals surface area contributed by atoms with E-state index in [1.54, 1.807) is 0 Å². The standard InChI is InChI=1S/C11H13ClF3NO.ClH/c1-2-3-9(16)7-4-5-10(8(12)6-7)17-11(13,14)15;/h4-6,9H,2-3,16H2,1H3;1H/t9-;/m1./s1. The molecule has 0 fully saturated rings. The van der Waals surface area contributed by atoms with Crippen LogP contribution in [-0.4, -0.2) is 6.36 Å². The van der Waals surface area contributed by atoms with Crippen molar-refractivity contribution in [2.24, 2.45) is 5.73 Å². The monoisotopic (exact) mass is 303 g/mol. The predicted octanol–water partition coefficient (Wildman–Crippen LogP) is 4.46. The van der Waals surface area contributed by atoms with Crippen molar-refractivity contribution in [1.29, 1.82) is 0 Å². The summed E-state index contributed by atoms with van der Waals surface area (Å²) in [7, 11) is 0. The maximum absolute atomic E-state index is 12.0. The summed E-state index contributed by atoms with van der Waals surface area (Å²) in [6, 6.07) is 3.86. The van der Waals surface area contributed by atoms with Crippen molar-refractivity contribution in [3.05, 3.63) is 28.8 Å². The fourth-order valence-corrected chi connectivity index (χ4v) is 1.66. The summed E-state index contributed by atoms with van der Waals surface area (Å²) in [6.45, 7) is 1.97. The van der Waals surface area contributed by atoms with E-state index in [1.165, 1.54) is 18.2 Å². The van der Waals surface area contributed by atoms with Crippen LogP contribution in [0.3, 0.4) is 0 Å². The summed E-state index contributed by atoms with van der Waals surface area (Å²) in [5, 5.41) is -0.0913. The summed E-state index contributed by atoms with van der Waals surface area (Å²) in [4.78, 5) is 0. The van der Waals surface area contributed by atoms with Crippen LogP contribution in [-0.2, 0) is 0 Å². The molecular formula is C11H14Cl2F3NO. The number of alkyl halides is 3. The van der Waals surface area contributed by atoms with Gasteiger partial charge in [-0.3, -0.25) is 0 Å². The molecule has 0 amide bonds.